The lowest BCUT2D eigenvalue weighted by molar-refractivity contribution is -0.121. The van der Waals surface area contributed by atoms with E-state index in [0.29, 0.717) is 11.3 Å². The molecule has 0 fully saturated rings. The quantitative estimate of drug-likeness (QED) is 0.731. The summed E-state index contributed by atoms with van der Waals surface area (Å²) in [6.07, 6.45) is -1.12. The van der Waals surface area contributed by atoms with Gasteiger partial charge in [0.2, 0.25) is 5.91 Å². The number of primary amides is 1. The number of aliphatic hydroxyl groups is 2. The number of rotatable bonds is 5. The van der Waals surface area contributed by atoms with Gasteiger partial charge in [0.05, 0.1) is 18.7 Å². The molecule has 1 aromatic heterocycles. The molecular weight excluding hydrogens is 248 g/mol. The number of nitrogens with two attached hydrogens (primary N) is 1. The Kier molecular flexibility index (Phi) is 3.94. The number of amides is 1. The maximum Gasteiger partial charge on any atom is 0.220 e. The van der Waals surface area contributed by atoms with Crippen molar-refractivity contribution in [3.05, 3.63) is 42.1 Å². The molecule has 1 aromatic carbocycles. The predicted molar refractivity (Wildman–Crippen MR) is 66.7 cm³/mol. The highest BCUT2D eigenvalue weighted by atomic mass is 16.5. The topological polar surface area (TPSA) is 110 Å². The molecule has 0 radical (unpaired) electrons. The van der Waals surface area contributed by atoms with Crippen molar-refractivity contribution < 1.29 is 19.5 Å². The number of nitrogens with zero attached hydrogens (tertiary/aromatic N) is 1. The normalized spacial score (nSPS) is 14.0. The van der Waals surface area contributed by atoms with Gasteiger partial charge in [-0.25, -0.2) is 0 Å². The van der Waals surface area contributed by atoms with Gasteiger partial charge in [-0.15, -0.1) is 0 Å². The van der Waals surface area contributed by atoms with Gasteiger partial charge >= 0.3 is 0 Å². The van der Waals surface area contributed by atoms with Crippen LogP contribution in [-0.2, 0) is 4.79 Å². The minimum Gasteiger partial charge on any atom is -0.390 e. The second-order valence-corrected chi connectivity index (χ2v) is 4.18. The summed E-state index contributed by atoms with van der Waals surface area (Å²) in [6, 6.07) is 8.47. The zero-order chi connectivity index (χ0) is 13.8. The molecule has 100 valence electrons. The van der Waals surface area contributed by atoms with Crippen LogP contribution in [0, 0.1) is 0 Å². The van der Waals surface area contributed by atoms with Crippen LogP contribution in [0.1, 0.15) is 18.1 Å². The maximum atomic E-state index is 10.7. The molecule has 2 aromatic rings. The molecule has 0 aliphatic rings. The lowest BCUT2D eigenvalue weighted by Crippen LogP contribution is -2.25. The first-order valence-corrected chi connectivity index (χ1v) is 5.73. The Morgan fingerprint density at radius 2 is 1.95 bits per heavy atom. The van der Waals surface area contributed by atoms with Crippen molar-refractivity contribution in [1.82, 2.24) is 5.16 Å². The van der Waals surface area contributed by atoms with Crippen LogP contribution in [-0.4, -0.2) is 27.4 Å². The third kappa shape index (κ3) is 3.18. The van der Waals surface area contributed by atoms with Crippen molar-refractivity contribution in [3.63, 3.8) is 0 Å². The van der Waals surface area contributed by atoms with E-state index in [4.69, 9.17) is 10.3 Å². The molecular formula is C13H14N2O4. The van der Waals surface area contributed by atoms with Crippen LogP contribution in [0.4, 0.5) is 0 Å². The first kappa shape index (κ1) is 13.3. The average molecular weight is 262 g/mol. The van der Waals surface area contributed by atoms with Gasteiger partial charge in [-0.05, 0) is 5.56 Å². The summed E-state index contributed by atoms with van der Waals surface area (Å²) < 4.78 is 5.00. The second-order valence-electron chi connectivity index (χ2n) is 4.18. The first-order chi connectivity index (χ1) is 9.08. The van der Waals surface area contributed by atoms with Gasteiger partial charge in [0.15, 0.2) is 5.76 Å². The van der Waals surface area contributed by atoms with E-state index in [1.807, 2.05) is 0 Å². The summed E-state index contributed by atoms with van der Waals surface area (Å²) in [5, 5.41) is 23.1. The number of carbonyl (C=O) groups excluding carboxylic acids is 1. The van der Waals surface area contributed by atoms with Gasteiger partial charge in [0, 0.05) is 11.6 Å². The standard InChI is InChI=1S/C13H14N2O4/c14-12(17)7-10(16)13(18)9-3-1-8(2-4-9)11-5-6-15-19-11/h1-6,10,13,16,18H,7H2,(H2,14,17). The van der Waals surface area contributed by atoms with Crippen molar-refractivity contribution in [2.75, 3.05) is 0 Å². The summed E-state index contributed by atoms with van der Waals surface area (Å²) in [7, 11) is 0. The summed E-state index contributed by atoms with van der Waals surface area (Å²) in [4.78, 5) is 10.7. The predicted octanol–water partition coefficient (Wildman–Crippen LogP) is 0.611. The molecule has 2 rings (SSSR count). The molecule has 0 aliphatic carbocycles. The van der Waals surface area contributed by atoms with Crippen molar-refractivity contribution in [2.45, 2.75) is 18.6 Å². The molecule has 2 unspecified atom stereocenters. The number of hydrogen-bond donors (Lipinski definition) is 3. The molecule has 6 nitrogen and oxygen atoms in total. The van der Waals surface area contributed by atoms with Gasteiger partial charge in [0.1, 0.15) is 6.10 Å². The fourth-order valence-electron chi connectivity index (χ4n) is 1.75. The van der Waals surface area contributed by atoms with Gasteiger partial charge in [-0.3, -0.25) is 4.79 Å². The Balaban J connectivity index is 2.12. The maximum absolute atomic E-state index is 10.7. The van der Waals surface area contributed by atoms with Gasteiger partial charge in [-0.2, -0.15) is 0 Å². The number of hydrogen-bond acceptors (Lipinski definition) is 5. The monoisotopic (exact) mass is 262 g/mol. The van der Waals surface area contributed by atoms with E-state index < -0.39 is 18.1 Å². The molecule has 0 bridgehead atoms. The number of benzene rings is 1. The van der Waals surface area contributed by atoms with Crippen LogP contribution in [0.5, 0.6) is 0 Å². The van der Waals surface area contributed by atoms with E-state index in [0.717, 1.165) is 5.56 Å². The third-order valence-corrected chi connectivity index (χ3v) is 2.75. The average Bonchev–Trinajstić information content (AvgIpc) is 2.91. The zero-order valence-electron chi connectivity index (χ0n) is 10.1. The Labute approximate surface area is 109 Å². The van der Waals surface area contributed by atoms with E-state index in [2.05, 4.69) is 5.16 Å². The van der Waals surface area contributed by atoms with E-state index in [1.54, 1.807) is 30.3 Å². The number of aromatic nitrogens is 1. The highest BCUT2D eigenvalue weighted by molar-refractivity contribution is 5.74. The number of aliphatic hydroxyl groups excluding tert-OH is 2. The third-order valence-electron chi connectivity index (χ3n) is 2.75. The second kappa shape index (κ2) is 5.64. The van der Waals surface area contributed by atoms with E-state index in [1.165, 1.54) is 6.20 Å². The van der Waals surface area contributed by atoms with Gasteiger partial charge in [0.25, 0.3) is 0 Å². The smallest absolute Gasteiger partial charge is 0.220 e. The largest absolute Gasteiger partial charge is 0.390 e. The molecule has 0 saturated heterocycles. The summed E-state index contributed by atoms with van der Waals surface area (Å²) in [5.41, 5.74) is 6.27. The van der Waals surface area contributed by atoms with Gasteiger partial charge < -0.3 is 20.5 Å². The van der Waals surface area contributed by atoms with Crippen LogP contribution < -0.4 is 5.73 Å². The van der Waals surface area contributed by atoms with Crippen LogP contribution in [0.15, 0.2) is 41.1 Å². The summed E-state index contributed by atoms with van der Waals surface area (Å²) in [5.74, 6) is -0.0523. The molecule has 1 heterocycles. The Bertz CT molecular complexity index is 536. The highest BCUT2D eigenvalue weighted by Crippen LogP contribution is 2.23. The van der Waals surface area contributed by atoms with Crippen molar-refractivity contribution >= 4 is 5.91 Å². The first-order valence-electron chi connectivity index (χ1n) is 5.73. The lowest BCUT2D eigenvalue weighted by Gasteiger charge is -2.16. The van der Waals surface area contributed by atoms with Crippen molar-refractivity contribution in [3.8, 4) is 11.3 Å². The fraction of sp³-hybridized carbons (Fsp3) is 0.231. The van der Waals surface area contributed by atoms with Gasteiger partial charge in [-0.1, -0.05) is 29.4 Å². The van der Waals surface area contributed by atoms with E-state index >= 15 is 0 Å². The highest BCUT2D eigenvalue weighted by Gasteiger charge is 2.20. The van der Waals surface area contributed by atoms with Crippen LogP contribution in [0.3, 0.4) is 0 Å². The summed E-state index contributed by atoms with van der Waals surface area (Å²) >= 11 is 0. The van der Waals surface area contributed by atoms with Crippen molar-refractivity contribution in [2.24, 2.45) is 5.73 Å². The molecule has 0 spiro atoms. The van der Waals surface area contributed by atoms with E-state index in [-0.39, 0.29) is 6.42 Å². The Hall–Kier alpha value is -2.18. The molecule has 6 heteroatoms. The molecule has 2 atom stereocenters. The van der Waals surface area contributed by atoms with Crippen LogP contribution >= 0.6 is 0 Å². The fourth-order valence-corrected chi connectivity index (χ4v) is 1.75. The molecule has 4 N–H and O–H groups in total. The number of carbonyl (C=O) groups is 1. The molecule has 0 aliphatic heterocycles. The van der Waals surface area contributed by atoms with Crippen LogP contribution in [0.25, 0.3) is 11.3 Å². The minimum absolute atomic E-state index is 0.287. The Morgan fingerprint density at radius 1 is 1.26 bits per heavy atom. The summed E-state index contributed by atoms with van der Waals surface area (Å²) in [6.45, 7) is 0. The van der Waals surface area contributed by atoms with Crippen LogP contribution in [0.2, 0.25) is 0 Å². The molecule has 0 saturated carbocycles. The lowest BCUT2D eigenvalue weighted by atomic mass is 10.00. The zero-order valence-corrected chi connectivity index (χ0v) is 10.1. The minimum atomic E-state index is -1.21. The SMILES string of the molecule is NC(=O)CC(O)C(O)c1ccc(-c2ccno2)cc1. The van der Waals surface area contributed by atoms with Crippen molar-refractivity contribution in [1.29, 1.82) is 0 Å². The Morgan fingerprint density at radius 3 is 2.47 bits per heavy atom. The molecule has 1 amide bonds. The molecule has 19 heavy (non-hydrogen) atoms. The van der Waals surface area contributed by atoms with E-state index in [9.17, 15) is 15.0 Å².